The molecule has 2 nitrogen and oxygen atoms in total. The van der Waals surface area contributed by atoms with Crippen molar-refractivity contribution in [1.29, 1.82) is 0 Å². The zero-order valence-electron chi connectivity index (χ0n) is 5.88. The largest absolute Gasteiger partial charge is 0.178 e. The van der Waals surface area contributed by atoms with Gasteiger partial charge in [-0.2, -0.15) is 9.02 Å². The summed E-state index contributed by atoms with van der Waals surface area (Å²) >= 11 is 10.5. The number of halogens is 2. The lowest BCUT2D eigenvalue weighted by Gasteiger charge is -2.04. The van der Waals surface area contributed by atoms with Crippen molar-refractivity contribution in [2.45, 2.75) is 6.92 Å². The molecule has 4 heteroatoms. The van der Waals surface area contributed by atoms with Crippen LogP contribution in [0.25, 0.3) is 0 Å². The maximum absolute atomic E-state index is 5.29. The number of hydrogen-bond acceptors (Lipinski definition) is 2. The topological polar surface area (TPSA) is 24.7 Å². The Morgan fingerprint density at radius 3 is 2.36 bits per heavy atom. The highest BCUT2D eigenvalue weighted by atomic mass is 35.5. The average Bonchev–Trinajstić information content (AvgIpc) is 2.04. The molecular formula is C7H6Cl2N2. The fourth-order valence-electron chi connectivity index (χ4n) is 0.787. The first-order chi connectivity index (χ1) is 5.27. The summed E-state index contributed by atoms with van der Waals surface area (Å²) in [5, 5.41) is 0. The molecule has 1 rings (SSSR count). The molecule has 0 aliphatic heterocycles. The standard InChI is InChI=1S/C7H6Cl2N2/c1-5-4-6(10-8)2-3-7(5)11-9/h2-4H,1H3. The van der Waals surface area contributed by atoms with Crippen LogP contribution in [0, 0.1) is 0 Å². The Morgan fingerprint density at radius 2 is 1.91 bits per heavy atom. The van der Waals surface area contributed by atoms with Crippen LogP contribution in [0.3, 0.4) is 0 Å². The minimum absolute atomic E-state index is 0.716. The summed E-state index contributed by atoms with van der Waals surface area (Å²) in [6.45, 7) is 1.90. The molecular weight excluding hydrogens is 183 g/mol. The SMILES string of the molecule is CC1=CC(=NCl)C=CC1=NCl. The maximum Gasteiger partial charge on any atom is 0.0807 e. The zero-order valence-corrected chi connectivity index (χ0v) is 7.39. The van der Waals surface area contributed by atoms with E-state index in [1.54, 1.807) is 12.2 Å². The van der Waals surface area contributed by atoms with Crippen LogP contribution in [0.5, 0.6) is 0 Å². The number of nitrogens with zero attached hydrogens (tertiary/aromatic N) is 2. The first kappa shape index (κ1) is 8.50. The Hall–Kier alpha value is -0.600. The van der Waals surface area contributed by atoms with Crippen LogP contribution in [-0.2, 0) is 0 Å². The van der Waals surface area contributed by atoms with Crippen molar-refractivity contribution in [3.63, 3.8) is 0 Å². The fourth-order valence-corrected chi connectivity index (χ4v) is 1.08. The molecule has 0 saturated heterocycles. The molecule has 0 aromatic heterocycles. The monoisotopic (exact) mass is 188 g/mol. The Balaban J connectivity index is 2.97. The number of hydrogen-bond donors (Lipinski definition) is 0. The molecule has 58 valence electrons. The van der Waals surface area contributed by atoms with E-state index in [-0.39, 0.29) is 0 Å². The van der Waals surface area contributed by atoms with Crippen molar-refractivity contribution >= 4 is 35.0 Å². The van der Waals surface area contributed by atoms with E-state index in [2.05, 4.69) is 9.02 Å². The maximum atomic E-state index is 5.29. The summed E-state index contributed by atoms with van der Waals surface area (Å²) < 4.78 is 7.03. The van der Waals surface area contributed by atoms with Gasteiger partial charge in [-0.25, -0.2) is 0 Å². The second kappa shape index (κ2) is 3.69. The fraction of sp³-hybridized carbons (Fsp3) is 0.143. The molecule has 0 unspecified atom stereocenters. The van der Waals surface area contributed by atoms with Gasteiger partial charge in [0, 0.05) is 23.6 Å². The van der Waals surface area contributed by atoms with Gasteiger partial charge in [0.15, 0.2) is 0 Å². The van der Waals surface area contributed by atoms with Crippen molar-refractivity contribution in [3.8, 4) is 0 Å². The second-order valence-corrected chi connectivity index (χ2v) is 2.48. The van der Waals surface area contributed by atoms with Gasteiger partial charge in [0.2, 0.25) is 0 Å². The van der Waals surface area contributed by atoms with Gasteiger partial charge in [0.1, 0.15) is 0 Å². The van der Waals surface area contributed by atoms with E-state index in [4.69, 9.17) is 23.6 Å². The molecule has 1 aliphatic rings. The van der Waals surface area contributed by atoms with E-state index in [0.717, 1.165) is 11.3 Å². The highest BCUT2D eigenvalue weighted by Crippen LogP contribution is 2.08. The van der Waals surface area contributed by atoms with Crippen LogP contribution in [0.4, 0.5) is 0 Å². The van der Waals surface area contributed by atoms with Gasteiger partial charge in [-0.1, -0.05) is 0 Å². The summed E-state index contributed by atoms with van der Waals surface area (Å²) in [5.74, 6) is 0. The number of rotatable bonds is 0. The summed E-state index contributed by atoms with van der Waals surface area (Å²) in [4.78, 5) is 0. The molecule has 0 saturated carbocycles. The van der Waals surface area contributed by atoms with Crippen molar-refractivity contribution in [3.05, 3.63) is 23.8 Å². The Morgan fingerprint density at radius 1 is 1.18 bits per heavy atom. The molecule has 0 heterocycles. The Bertz CT molecular complexity index is 274. The molecule has 0 aromatic rings. The molecule has 0 spiro atoms. The third kappa shape index (κ3) is 1.91. The van der Waals surface area contributed by atoms with Gasteiger partial charge in [-0.15, -0.1) is 0 Å². The molecule has 1 aliphatic carbocycles. The molecule has 0 aromatic carbocycles. The highest BCUT2D eigenvalue weighted by Gasteiger charge is 2.04. The van der Waals surface area contributed by atoms with Crippen LogP contribution >= 0.6 is 23.6 Å². The molecule has 0 bridgehead atoms. The third-order valence-corrected chi connectivity index (χ3v) is 1.75. The summed E-state index contributed by atoms with van der Waals surface area (Å²) in [6.07, 6.45) is 5.33. The predicted octanol–water partition coefficient (Wildman–Crippen LogP) is 2.69. The molecule has 11 heavy (non-hydrogen) atoms. The van der Waals surface area contributed by atoms with Gasteiger partial charge in [0.25, 0.3) is 0 Å². The molecule has 0 amide bonds. The predicted molar refractivity (Wildman–Crippen MR) is 49.5 cm³/mol. The molecule has 0 N–H and O–H groups in total. The average molecular weight is 189 g/mol. The van der Waals surface area contributed by atoms with Gasteiger partial charge in [-0.05, 0) is 30.7 Å². The van der Waals surface area contributed by atoms with Gasteiger partial charge in [-0.3, -0.25) is 0 Å². The van der Waals surface area contributed by atoms with E-state index >= 15 is 0 Å². The summed E-state index contributed by atoms with van der Waals surface area (Å²) in [5.41, 5.74) is 2.42. The van der Waals surface area contributed by atoms with Crippen molar-refractivity contribution < 1.29 is 0 Å². The van der Waals surface area contributed by atoms with Gasteiger partial charge in [0.05, 0.1) is 11.4 Å². The van der Waals surface area contributed by atoms with Crippen LogP contribution in [-0.4, -0.2) is 11.4 Å². The minimum Gasteiger partial charge on any atom is -0.178 e. The van der Waals surface area contributed by atoms with Crippen LogP contribution in [0.1, 0.15) is 6.92 Å². The summed E-state index contributed by atoms with van der Waals surface area (Å²) in [6, 6.07) is 0. The van der Waals surface area contributed by atoms with Crippen LogP contribution in [0.2, 0.25) is 0 Å². The first-order valence-electron chi connectivity index (χ1n) is 3.02. The second-order valence-electron chi connectivity index (χ2n) is 2.14. The quantitative estimate of drug-likeness (QED) is 0.523. The first-order valence-corrected chi connectivity index (χ1v) is 3.70. The van der Waals surface area contributed by atoms with Gasteiger partial charge >= 0.3 is 0 Å². The smallest absolute Gasteiger partial charge is 0.0807 e. The van der Waals surface area contributed by atoms with E-state index in [1.165, 1.54) is 0 Å². The Labute approximate surface area is 75.2 Å². The molecule has 0 radical (unpaired) electrons. The lowest BCUT2D eigenvalue weighted by Crippen LogP contribution is -2.04. The lowest BCUT2D eigenvalue weighted by atomic mass is 10.0. The zero-order chi connectivity index (χ0) is 8.27. The molecule has 0 fully saturated rings. The molecule has 0 atom stereocenters. The van der Waals surface area contributed by atoms with Gasteiger partial charge < -0.3 is 0 Å². The van der Waals surface area contributed by atoms with E-state index in [0.29, 0.717) is 5.71 Å². The third-order valence-electron chi connectivity index (χ3n) is 1.37. The number of allylic oxidation sites excluding steroid dienone is 4. The van der Waals surface area contributed by atoms with Crippen molar-refractivity contribution in [2.75, 3.05) is 0 Å². The minimum atomic E-state index is 0.716. The van der Waals surface area contributed by atoms with Crippen LogP contribution < -0.4 is 0 Å². The van der Waals surface area contributed by atoms with E-state index < -0.39 is 0 Å². The van der Waals surface area contributed by atoms with Crippen LogP contribution in [0.15, 0.2) is 32.8 Å². The lowest BCUT2D eigenvalue weighted by molar-refractivity contribution is 1.56. The van der Waals surface area contributed by atoms with Crippen molar-refractivity contribution in [2.24, 2.45) is 9.02 Å². The van der Waals surface area contributed by atoms with E-state index in [9.17, 15) is 0 Å². The normalized spacial score (nSPS) is 24.5. The highest BCUT2D eigenvalue weighted by molar-refractivity contribution is 6.31. The summed E-state index contributed by atoms with van der Waals surface area (Å²) in [7, 11) is 0. The Kier molecular flexibility index (Phi) is 2.85. The van der Waals surface area contributed by atoms with E-state index in [1.807, 2.05) is 13.0 Å². The van der Waals surface area contributed by atoms with Crippen molar-refractivity contribution in [1.82, 2.24) is 0 Å².